The lowest BCUT2D eigenvalue weighted by Crippen LogP contribution is -2.60. The van der Waals surface area contributed by atoms with Crippen LogP contribution in [-0.4, -0.2) is 78.2 Å². The Morgan fingerprint density at radius 2 is 1.61 bits per heavy atom. The molecule has 33 heavy (non-hydrogen) atoms. The highest BCUT2D eigenvalue weighted by Gasteiger charge is 2.45. The van der Waals surface area contributed by atoms with E-state index >= 15 is 0 Å². The summed E-state index contributed by atoms with van der Waals surface area (Å²) in [6, 6.07) is 5.66. The first kappa shape index (κ1) is 22.6. The molecule has 3 aromatic rings. The number of ether oxygens (including phenoxy) is 2. The number of aliphatic hydroxyl groups excluding tert-OH is 4. The molecule has 2 heterocycles. The fourth-order valence-corrected chi connectivity index (χ4v) is 3.49. The van der Waals surface area contributed by atoms with Gasteiger partial charge in [0.1, 0.15) is 41.1 Å². The molecule has 4 rings (SSSR count). The summed E-state index contributed by atoms with van der Waals surface area (Å²) < 4.78 is 16.0. The second-order valence-electron chi connectivity index (χ2n) is 7.44. The van der Waals surface area contributed by atoms with Crippen molar-refractivity contribution in [2.75, 3.05) is 6.61 Å². The summed E-state index contributed by atoms with van der Waals surface area (Å²) in [5.74, 6) is -3.11. The van der Waals surface area contributed by atoms with E-state index in [1.807, 2.05) is 0 Å². The molecule has 0 saturated carbocycles. The van der Waals surface area contributed by atoms with Crippen molar-refractivity contribution in [2.24, 2.45) is 0 Å². The Hall–Kier alpha value is -3.55. The molecule has 1 aliphatic heterocycles. The summed E-state index contributed by atoms with van der Waals surface area (Å²) in [7, 11) is 0. The van der Waals surface area contributed by atoms with E-state index in [-0.39, 0.29) is 28.0 Å². The number of fused-ring (bicyclic) bond motifs is 1. The van der Waals surface area contributed by atoms with E-state index in [0.717, 1.165) is 18.2 Å². The van der Waals surface area contributed by atoms with Crippen LogP contribution in [-0.2, 0) is 4.74 Å². The standard InChI is InChI=1S/C21H20O12/c22-6-14-16(27)18(29)19(30)21(32-14)33-20-11(26)5-13-15(17(20)28)10(25)4-12(31-13)7-1-2-8(23)9(24)3-7/h1-5,14,16,18-19,21-24,26-30H,6H2/t14-,16-,18-,19+,21-/m1/s1. The Morgan fingerprint density at radius 1 is 0.879 bits per heavy atom. The number of rotatable bonds is 4. The molecule has 1 saturated heterocycles. The predicted octanol–water partition coefficient (Wildman–Crippen LogP) is -0.539. The average Bonchev–Trinajstić information content (AvgIpc) is 2.77. The van der Waals surface area contributed by atoms with E-state index in [2.05, 4.69) is 0 Å². The molecule has 0 spiro atoms. The number of aliphatic hydroxyl groups is 4. The van der Waals surface area contributed by atoms with Crippen LogP contribution >= 0.6 is 0 Å². The quantitative estimate of drug-likeness (QED) is 0.229. The van der Waals surface area contributed by atoms with E-state index in [0.29, 0.717) is 0 Å². The lowest BCUT2D eigenvalue weighted by atomic mass is 9.99. The lowest BCUT2D eigenvalue weighted by molar-refractivity contribution is -0.277. The van der Waals surface area contributed by atoms with Gasteiger partial charge in [-0.15, -0.1) is 0 Å². The zero-order chi connectivity index (χ0) is 24.0. The van der Waals surface area contributed by atoms with Gasteiger partial charge in [-0.25, -0.2) is 0 Å². The third-order valence-corrected chi connectivity index (χ3v) is 5.27. The summed E-state index contributed by atoms with van der Waals surface area (Å²) in [5, 5.41) is 78.8. The third kappa shape index (κ3) is 3.90. The van der Waals surface area contributed by atoms with Gasteiger partial charge in [0, 0.05) is 17.7 Å². The van der Waals surface area contributed by atoms with Crippen LogP contribution in [0.2, 0.25) is 0 Å². The van der Waals surface area contributed by atoms with Gasteiger partial charge in [-0.3, -0.25) is 4.79 Å². The van der Waals surface area contributed by atoms with Crippen molar-refractivity contribution in [3.05, 3.63) is 40.6 Å². The lowest BCUT2D eigenvalue weighted by Gasteiger charge is -2.39. The molecule has 0 bridgehead atoms. The summed E-state index contributed by atoms with van der Waals surface area (Å²) in [4.78, 5) is 12.7. The molecule has 0 unspecified atom stereocenters. The number of hydrogen-bond donors (Lipinski definition) is 8. The molecule has 0 aliphatic carbocycles. The van der Waals surface area contributed by atoms with E-state index in [1.165, 1.54) is 12.1 Å². The Bertz CT molecular complexity index is 1250. The van der Waals surface area contributed by atoms with Crippen molar-refractivity contribution in [3.63, 3.8) is 0 Å². The van der Waals surface area contributed by atoms with Gasteiger partial charge in [0.25, 0.3) is 0 Å². The maximum atomic E-state index is 12.7. The fraction of sp³-hybridized carbons (Fsp3) is 0.286. The van der Waals surface area contributed by atoms with Gasteiger partial charge in [-0.05, 0) is 18.2 Å². The van der Waals surface area contributed by atoms with E-state index in [4.69, 9.17) is 13.9 Å². The molecule has 176 valence electrons. The van der Waals surface area contributed by atoms with E-state index < -0.39 is 65.7 Å². The second kappa shape index (κ2) is 8.42. The largest absolute Gasteiger partial charge is 0.504 e. The van der Waals surface area contributed by atoms with Gasteiger partial charge < -0.3 is 54.7 Å². The number of phenolic OH excluding ortho intramolecular Hbond substituents is 4. The third-order valence-electron chi connectivity index (χ3n) is 5.27. The average molecular weight is 464 g/mol. The summed E-state index contributed by atoms with van der Waals surface area (Å²) >= 11 is 0. The monoisotopic (exact) mass is 464 g/mol. The first-order valence-electron chi connectivity index (χ1n) is 9.64. The number of phenols is 4. The van der Waals surface area contributed by atoms with E-state index in [1.54, 1.807) is 0 Å². The van der Waals surface area contributed by atoms with E-state index in [9.17, 15) is 45.6 Å². The highest BCUT2D eigenvalue weighted by molar-refractivity contribution is 5.89. The summed E-state index contributed by atoms with van der Waals surface area (Å²) in [5.41, 5.74) is -0.777. The SMILES string of the molecule is O=c1cc(-c2ccc(O)c(O)c2)oc2cc(O)c(O[C@H]3O[C@H](CO)[C@@H](O)[C@@H](O)[C@@H]3O)c(O)c12. The molecule has 5 atom stereocenters. The van der Waals surface area contributed by atoms with Crippen LogP contribution in [0.15, 0.2) is 39.5 Å². The second-order valence-corrected chi connectivity index (χ2v) is 7.44. The maximum absolute atomic E-state index is 12.7. The molecule has 0 radical (unpaired) electrons. The maximum Gasteiger partial charge on any atom is 0.229 e. The highest BCUT2D eigenvalue weighted by atomic mass is 16.7. The smallest absolute Gasteiger partial charge is 0.229 e. The summed E-state index contributed by atoms with van der Waals surface area (Å²) in [6.45, 7) is -0.723. The number of hydrogen-bond acceptors (Lipinski definition) is 12. The van der Waals surface area contributed by atoms with Gasteiger partial charge in [0.2, 0.25) is 12.0 Å². The van der Waals surface area contributed by atoms with Crippen molar-refractivity contribution < 1.29 is 54.7 Å². The van der Waals surface area contributed by atoms with Crippen LogP contribution in [0.5, 0.6) is 28.7 Å². The minimum Gasteiger partial charge on any atom is -0.504 e. The number of aromatic hydroxyl groups is 4. The highest BCUT2D eigenvalue weighted by Crippen LogP contribution is 2.43. The van der Waals surface area contributed by atoms with Gasteiger partial charge in [-0.1, -0.05) is 0 Å². The first-order chi connectivity index (χ1) is 15.6. The Balaban J connectivity index is 1.75. The minimum absolute atomic E-state index is 0.0378. The molecule has 1 fully saturated rings. The Morgan fingerprint density at radius 3 is 2.27 bits per heavy atom. The molecule has 0 amide bonds. The first-order valence-corrected chi connectivity index (χ1v) is 9.64. The van der Waals surface area contributed by atoms with Gasteiger partial charge >= 0.3 is 0 Å². The zero-order valence-corrected chi connectivity index (χ0v) is 16.7. The molecular weight excluding hydrogens is 444 g/mol. The van der Waals surface area contributed by atoms with Crippen molar-refractivity contribution in [1.82, 2.24) is 0 Å². The molecule has 1 aliphatic rings. The number of benzene rings is 2. The van der Waals surface area contributed by atoms with Crippen molar-refractivity contribution in [3.8, 4) is 40.1 Å². The Kier molecular flexibility index (Phi) is 5.78. The van der Waals surface area contributed by atoms with Crippen molar-refractivity contribution in [1.29, 1.82) is 0 Å². The topological polar surface area (TPSA) is 211 Å². The minimum atomic E-state index is -1.82. The van der Waals surface area contributed by atoms with Crippen LogP contribution in [0.3, 0.4) is 0 Å². The van der Waals surface area contributed by atoms with Crippen LogP contribution in [0, 0.1) is 0 Å². The molecule has 2 aromatic carbocycles. The summed E-state index contributed by atoms with van der Waals surface area (Å²) in [6.07, 6.45) is -8.25. The molecule has 1 aromatic heterocycles. The van der Waals surface area contributed by atoms with Crippen LogP contribution in [0.4, 0.5) is 0 Å². The van der Waals surface area contributed by atoms with Crippen molar-refractivity contribution in [2.45, 2.75) is 30.7 Å². The van der Waals surface area contributed by atoms with Gasteiger partial charge in [-0.2, -0.15) is 0 Å². The van der Waals surface area contributed by atoms with Crippen LogP contribution < -0.4 is 10.2 Å². The molecular formula is C21H20O12. The molecule has 12 heteroatoms. The molecule has 12 nitrogen and oxygen atoms in total. The van der Waals surface area contributed by atoms with Gasteiger partial charge in [0.05, 0.1) is 6.61 Å². The Labute approximate surface area is 184 Å². The fourth-order valence-electron chi connectivity index (χ4n) is 3.49. The van der Waals surface area contributed by atoms with Crippen LogP contribution in [0.25, 0.3) is 22.3 Å². The normalized spacial score (nSPS) is 25.3. The zero-order valence-electron chi connectivity index (χ0n) is 16.7. The molecule has 8 N–H and O–H groups in total. The van der Waals surface area contributed by atoms with Crippen LogP contribution in [0.1, 0.15) is 0 Å². The predicted molar refractivity (Wildman–Crippen MR) is 109 cm³/mol. The van der Waals surface area contributed by atoms with Crippen molar-refractivity contribution >= 4 is 11.0 Å². The van der Waals surface area contributed by atoms with Gasteiger partial charge in [0.15, 0.2) is 28.4 Å².